The summed E-state index contributed by atoms with van der Waals surface area (Å²) in [5, 5.41) is 8.85. The normalized spacial score (nSPS) is 18.1. The maximum Gasteiger partial charge on any atom is 0.237 e. The molecule has 1 atom stereocenters. The van der Waals surface area contributed by atoms with E-state index in [1.54, 1.807) is 0 Å². The van der Waals surface area contributed by atoms with Gasteiger partial charge in [-0.15, -0.1) is 12.4 Å². The highest BCUT2D eigenvalue weighted by molar-refractivity contribution is 5.98. The molecule has 2 aromatic carbocycles. The Hall–Kier alpha value is -3.69. The first-order valence-electron chi connectivity index (χ1n) is 12.8. The number of nitrogens with one attached hydrogen (secondary N) is 1. The lowest BCUT2D eigenvalue weighted by Crippen LogP contribution is -2.48. The average molecular weight is 536 g/mol. The number of carbonyl (C=O) groups is 1. The predicted molar refractivity (Wildman–Crippen MR) is 151 cm³/mol. The fourth-order valence-corrected chi connectivity index (χ4v) is 4.82. The minimum absolute atomic E-state index is 0. The van der Waals surface area contributed by atoms with Crippen LogP contribution in [-0.2, 0) is 4.79 Å². The van der Waals surface area contributed by atoms with E-state index in [0.29, 0.717) is 5.82 Å². The summed E-state index contributed by atoms with van der Waals surface area (Å²) in [5.41, 5.74) is 14.7. The number of hydrogen-bond donors (Lipinski definition) is 3. The Morgan fingerprint density at radius 2 is 1.66 bits per heavy atom. The first-order chi connectivity index (χ1) is 17.9. The summed E-state index contributed by atoms with van der Waals surface area (Å²) in [4.78, 5) is 21.2. The van der Waals surface area contributed by atoms with Crippen LogP contribution < -0.4 is 21.5 Å². The van der Waals surface area contributed by atoms with Crippen molar-refractivity contribution in [3.05, 3.63) is 60.9 Å². The van der Waals surface area contributed by atoms with E-state index in [4.69, 9.17) is 21.3 Å². The lowest BCUT2D eigenvalue weighted by atomic mass is 9.90. The number of aromatic nitrogens is 4. The molecule has 10 heteroatoms. The number of fused-ring (bicyclic) bond motifs is 1. The highest BCUT2D eigenvalue weighted by Crippen LogP contribution is 2.36. The summed E-state index contributed by atoms with van der Waals surface area (Å²) >= 11 is 0. The van der Waals surface area contributed by atoms with Crippen molar-refractivity contribution in [1.82, 2.24) is 25.1 Å². The van der Waals surface area contributed by atoms with Crippen LogP contribution >= 0.6 is 12.4 Å². The van der Waals surface area contributed by atoms with E-state index in [0.717, 1.165) is 59.5 Å². The van der Waals surface area contributed by atoms with E-state index in [1.807, 2.05) is 73.1 Å². The second kappa shape index (κ2) is 11.8. The molecule has 1 aliphatic rings. The molecule has 0 aliphatic heterocycles. The van der Waals surface area contributed by atoms with Gasteiger partial charge in [0.15, 0.2) is 5.65 Å². The summed E-state index contributed by atoms with van der Waals surface area (Å²) in [6.07, 6.45) is 4.92. The third-order valence-corrected chi connectivity index (χ3v) is 7.03. The molecule has 5 N–H and O–H groups in total. The van der Waals surface area contributed by atoms with E-state index >= 15 is 0 Å². The van der Waals surface area contributed by atoms with Crippen LogP contribution in [0, 0.1) is 5.92 Å². The Kier molecular flexibility index (Phi) is 8.48. The third-order valence-electron chi connectivity index (χ3n) is 7.03. The van der Waals surface area contributed by atoms with Gasteiger partial charge in [0.25, 0.3) is 0 Å². The van der Waals surface area contributed by atoms with Gasteiger partial charge in [0.05, 0.1) is 17.5 Å². The molecule has 0 saturated heterocycles. The molecule has 2 aromatic heterocycles. The lowest BCUT2D eigenvalue weighted by molar-refractivity contribution is -0.124. The highest BCUT2D eigenvalue weighted by Gasteiger charge is 2.29. The summed E-state index contributed by atoms with van der Waals surface area (Å²) in [6, 6.07) is 17.2. The van der Waals surface area contributed by atoms with Gasteiger partial charge >= 0.3 is 0 Å². The Bertz CT molecular complexity index is 1370. The number of carbonyl (C=O) groups excluding carboxylic acids is 1. The molecule has 1 aliphatic carbocycles. The SMILES string of the molecule is CC(C)C(N)C(=O)NC1CCC(n2nc(-c3ccc(Oc4ccccc4)cc3)c3c(N)ncnc32)CC1.Cl. The van der Waals surface area contributed by atoms with Gasteiger partial charge in [-0.2, -0.15) is 5.10 Å². The molecule has 4 aromatic rings. The summed E-state index contributed by atoms with van der Waals surface area (Å²) in [5.74, 6) is 1.94. The van der Waals surface area contributed by atoms with Crippen LogP contribution in [0.25, 0.3) is 22.3 Å². The summed E-state index contributed by atoms with van der Waals surface area (Å²) < 4.78 is 7.91. The van der Waals surface area contributed by atoms with Crippen LogP contribution in [0.4, 0.5) is 5.82 Å². The van der Waals surface area contributed by atoms with Crippen molar-refractivity contribution in [3.8, 4) is 22.8 Å². The van der Waals surface area contributed by atoms with Gasteiger partial charge in [-0.05, 0) is 68.0 Å². The second-order valence-corrected chi connectivity index (χ2v) is 9.97. The van der Waals surface area contributed by atoms with Gasteiger partial charge in [-0.25, -0.2) is 14.6 Å². The van der Waals surface area contributed by atoms with E-state index in [2.05, 4.69) is 15.3 Å². The molecule has 1 amide bonds. The number of benzene rings is 2. The van der Waals surface area contributed by atoms with Crippen molar-refractivity contribution in [3.63, 3.8) is 0 Å². The van der Waals surface area contributed by atoms with Crippen molar-refractivity contribution in [2.45, 2.75) is 57.7 Å². The number of nitrogens with zero attached hydrogens (tertiary/aromatic N) is 4. The molecule has 1 unspecified atom stereocenters. The number of para-hydroxylation sites is 1. The zero-order chi connectivity index (χ0) is 25.9. The number of amides is 1. The Balaban J connectivity index is 0.00000336. The topological polar surface area (TPSA) is 134 Å². The molecule has 1 saturated carbocycles. The van der Waals surface area contributed by atoms with Crippen molar-refractivity contribution < 1.29 is 9.53 Å². The van der Waals surface area contributed by atoms with Crippen molar-refractivity contribution in [2.24, 2.45) is 11.7 Å². The third kappa shape index (κ3) is 5.74. The number of nitrogen functional groups attached to an aromatic ring is 1. The Morgan fingerprint density at radius 3 is 2.32 bits per heavy atom. The predicted octanol–water partition coefficient (Wildman–Crippen LogP) is 4.87. The molecule has 0 bridgehead atoms. The molecule has 9 nitrogen and oxygen atoms in total. The highest BCUT2D eigenvalue weighted by atomic mass is 35.5. The summed E-state index contributed by atoms with van der Waals surface area (Å²) in [6.45, 7) is 3.91. The maximum atomic E-state index is 12.4. The second-order valence-electron chi connectivity index (χ2n) is 9.97. The zero-order valence-electron chi connectivity index (χ0n) is 21.6. The molecule has 0 spiro atoms. The monoisotopic (exact) mass is 535 g/mol. The van der Waals surface area contributed by atoms with Gasteiger partial charge in [-0.3, -0.25) is 4.79 Å². The average Bonchev–Trinajstić information content (AvgIpc) is 3.30. The van der Waals surface area contributed by atoms with Crippen LogP contribution in [0.15, 0.2) is 60.9 Å². The molecule has 38 heavy (non-hydrogen) atoms. The smallest absolute Gasteiger partial charge is 0.237 e. The number of rotatable bonds is 7. The molecular formula is C28H34ClN7O2. The molecule has 200 valence electrons. The maximum absolute atomic E-state index is 12.4. The molecular weight excluding hydrogens is 502 g/mol. The van der Waals surface area contributed by atoms with Crippen LogP contribution in [0.2, 0.25) is 0 Å². The molecule has 2 heterocycles. The Labute approximate surface area is 228 Å². The number of ether oxygens (including phenoxy) is 1. The van der Waals surface area contributed by atoms with E-state index in [9.17, 15) is 4.79 Å². The summed E-state index contributed by atoms with van der Waals surface area (Å²) in [7, 11) is 0. The van der Waals surface area contributed by atoms with Crippen molar-refractivity contribution >= 4 is 35.2 Å². The van der Waals surface area contributed by atoms with Crippen LogP contribution in [-0.4, -0.2) is 37.7 Å². The fourth-order valence-electron chi connectivity index (χ4n) is 4.82. The number of anilines is 1. The van der Waals surface area contributed by atoms with Gasteiger partial charge in [0.1, 0.15) is 29.3 Å². The standard InChI is InChI=1S/C28H33N7O2.ClH/c1-17(2)24(29)28(36)33-19-10-12-20(13-11-19)35-27-23(26(30)31-16-32-27)25(34-35)18-8-14-22(15-9-18)37-21-6-4-3-5-7-21;/h3-9,14-17,19-20,24H,10-13,29H2,1-2H3,(H,33,36)(H2,30,31,32);1H. The van der Waals surface area contributed by atoms with E-state index in [-0.39, 0.29) is 36.3 Å². The fraction of sp³-hybridized carbons (Fsp3) is 0.357. The van der Waals surface area contributed by atoms with Crippen molar-refractivity contribution in [2.75, 3.05) is 5.73 Å². The van der Waals surface area contributed by atoms with Gasteiger partial charge < -0.3 is 21.5 Å². The number of halogens is 1. The number of hydrogen-bond acceptors (Lipinski definition) is 7. The van der Waals surface area contributed by atoms with Crippen LogP contribution in [0.1, 0.15) is 45.6 Å². The molecule has 0 radical (unpaired) electrons. The molecule has 1 fully saturated rings. The van der Waals surface area contributed by atoms with Crippen molar-refractivity contribution in [1.29, 1.82) is 0 Å². The lowest BCUT2D eigenvalue weighted by Gasteiger charge is -2.30. The van der Waals surface area contributed by atoms with E-state index < -0.39 is 6.04 Å². The van der Waals surface area contributed by atoms with Gasteiger partial charge in [0.2, 0.25) is 5.91 Å². The van der Waals surface area contributed by atoms with Crippen LogP contribution in [0.5, 0.6) is 11.5 Å². The quantitative estimate of drug-likeness (QED) is 0.307. The van der Waals surface area contributed by atoms with Crippen LogP contribution in [0.3, 0.4) is 0 Å². The first kappa shape index (κ1) is 27.3. The molecule has 5 rings (SSSR count). The zero-order valence-corrected chi connectivity index (χ0v) is 22.4. The largest absolute Gasteiger partial charge is 0.457 e. The van der Waals surface area contributed by atoms with E-state index in [1.165, 1.54) is 6.33 Å². The number of nitrogens with two attached hydrogens (primary N) is 2. The Morgan fingerprint density at radius 1 is 1.00 bits per heavy atom. The minimum Gasteiger partial charge on any atom is -0.457 e. The minimum atomic E-state index is -0.487. The van der Waals surface area contributed by atoms with Gasteiger partial charge in [-0.1, -0.05) is 32.0 Å². The first-order valence-corrected chi connectivity index (χ1v) is 12.8. The van der Waals surface area contributed by atoms with Gasteiger partial charge in [0, 0.05) is 11.6 Å².